The van der Waals surface area contributed by atoms with Gasteiger partial charge in [-0.3, -0.25) is 5.32 Å². The van der Waals surface area contributed by atoms with Crippen LogP contribution in [-0.2, 0) is 4.74 Å². The number of benzene rings is 2. The molecule has 0 saturated heterocycles. The van der Waals surface area contributed by atoms with Crippen LogP contribution in [-0.4, -0.2) is 12.2 Å². The highest BCUT2D eigenvalue weighted by Gasteiger charge is 2.49. The van der Waals surface area contributed by atoms with Crippen LogP contribution in [0.1, 0.15) is 32.1 Å². The monoisotopic (exact) mass is 415 g/mol. The first-order chi connectivity index (χ1) is 13.5. The first-order valence-corrected chi connectivity index (χ1v) is 10.8. The highest BCUT2D eigenvalue weighted by atomic mass is 35.5. The maximum absolute atomic E-state index is 12.5. The van der Waals surface area contributed by atoms with Crippen molar-refractivity contribution in [2.75, 3.05) is 5.32 Å². The minimum absolute atomic E-state index is 0.0948. The molecule has 0 aliphatic heterocycles. The number of ether oxygens (including phenoxy) is 1. The zero-order valence-corrected chi connectivity index (χ0v) is 17.0. The Kier molecular flexibility index (Phi) is 4.76. The summed E-state index contributed by atoms with van der Waals surface area (Å²) in [7, 11) is 0. The van der Waals surface area contributed by atoms with Gasteiger partial charge in [0.15, 0.2) is 0 Å². The molecule has 4 saturated carbocycles. The molecule has 6 rings (SSSR count). The van der Waals surface area contributed by atoms with Gasteiger partial charge in [0.25, 0.3) is 0 Å². The molecule has 28 heavy (non-hydrogen) atoms. The number of hydrogen-bond donors (Lipinski definition) is 1. The van der Waals surface area contributed by atoms with E-state index >= 15 is 0 Å². The van der Waals surface area contributed by atoms with Crippen LogP contribution in [0.2, 0.25) is 10.0 Å². The van der Waals surface area contributed by atoms with Gasteiger partial charge in [0.1, 0.15) is 6.10 Å². The van der Waals surface area contributed by atoms with Crippen LogP contribution < -0.4 is 5.32 Å². The molecule has 4 bridgehead atoms. The molecule has 4 aliphatic rings. The van der Waals surface area contributed by atoms with Gasteiger partial charge in [0.05, 0.1) is 0 Å². The molecule has 3 nitrogen and oxygen atoms in total. The number of carbonyl (C=O) groups excluding carboxylic acids is 1. The lowest BCUT2D eigenvalue weighted by atomic mass is 9.55. The van der Waals surface area contributed by atoms with Gasteiger partial charge in [0, 0.05) is 21.3 Å². The lowest BCUT2D eigenvalue weighted by Gasteiger charge is -2.53. The van der Waals surface area contributed by atoms with E-state index in [1.54, 1.807) is 12.1 Å². The number of rotatable bonds is 3. The van der Waals surface area contributed by atoms with Crippen molar-refractivity contribution < 1.29 is 9.53 Å². The van der Waals surface area contributed by atoms with E-state index in [4.69, 9.17) is 27.9 Å². The first-order valence-electron chi connectivity index (χ1n) is 10.1. The largest absolute Gasteiger partial charge is 0.445 e. The molecule has 0 unspecified atom stereocenters. The second kappa shape index (κ2) is 7.27. The lowest BCUT2D eigenvalue weighted by molar-refractivity contribution is -0.0933. The average Bonchev–Trinajstić information content (AvgIpc) is 2.67. The number of nitrogens with one attached hydrogen (secondary N) is 1. The van der Waals surface area contributed by atoms with Crippen molar-refractivity contribution in [1.82, 2.24) is 0 Å². The molecule has 0 radical (unpaired) electrons. The number of anilines is 1. The number of halogens is 2. The minimum atomic E-state index is -0.342. The molecule has 0 heterocycles. The van der Waals surface area contributed by atoms with Crippen LogP contribution in [0.5, 0.6) is 0 Å². The molecule has 0 atom stereocenters. The van der Waals surface area contributed by atoms with Crippen LogP contribution >= 0.6 is 23.2 Å². The molecule has 5 heteroatoms. The van der Waals surface area contributed by atoms with E-state index in [0.717, 1.165) is 28.7 Å². The lowest BCUT2D eigenvalue weighted by Crippen LogP contribution is -2.50. The van der Waals surface area contributed by atoms with Gasteiger partial charge in [-0.1, -0.05) is 35.3 Å². The van der Waals surface area contributed by atoms with Gasteiger partial charge < -0.3 is 4.74 Å². The molecular formula is C23H23Cl2NO2. The van der Waals surface area contributed by atoms with Crippen LogP contribution in [0, 0.1) is 23.7 Å². The standard InChI is InChI=1S/C23H23Cl2NO2/c24-18-3-6-21(25)20(12-18)15-1-4-19(5-2-15)26-23(27)28-22-16-8-13-7-14(10-16)11-17(22)9-13/h1-6,12-14,16-17,22H,7-11H2,(H,26,27). The molecule has 0 spiro atoms. The molecular weight excluding hydrogens is 393 g/mol. The Hall–Kier alpha value is -1.71. The Balaban J connectivity index is 1.24. The summed E-state index contributed by atoms with van der Waals surface area (Å²) >= 11 is 12.4. The van der Waals surface area contributed by atoms with E-state index in [-0.39, 0.29) is 12.2 Å². The molecule has 146 valence electrons. The summed E-state index contributed by atoms with van der Waals surface area (Å²) < 4.78 is 5.89. The van der Waals surface area contributed by atoms with Crippen molar-refractivity contribution in [2.24, 2.45) is 23.7 Å². The Labute approximate surface area is 175 Å². The van der Waals surface area contributed by atoms with Gasteiger partial charge in [-0.2, -0.15) is 0 Å². The molecule has 4 fully saturated rings. The van der Waals surface area contributed by atoms with Crippen molar-refractivity contribution >= 4 is 35.0 Å². The minimum Gasteiger partial charge on any atom is -0.445 e. The predicted molar refractivity (Wildman–Crippen MR) is 113 cm³/mol. The fourth-order valence-electron chi connectivity index (χ4n) is 5.79. The Morgan fingerprint density at radius 1 is 0.893 bits per heavy atom. The number of carbonyl (C=O) groups is 1. The predicted octanol–water partition coefficient (Wildman–Crippen LogP) is 7.03. The van der Waals surface area contributed by atoms with Crippen molar-refractivity contribution in [3.8, 4) is 11.1 Å². The van der Waals surface area contributed by atoms with Crippen LogP contribution in [0.4, 0.5) is 10.5 Å². The van der Waals surface area contributed by atoms with Crippen molar-refractivity contribution in [3.63, 3.8) is 0 Å². The van der Waals surface area contributed by atoms with Crippen molar-refractivity contribution in [3.05, 3.63) is 52.5 Å². The Morgan fingerprint density at radius 2 is 1.54 bits per heavy atom. The number of hydrogen-bond acceptors (Lipinski definition) is 2. The van der Waals surface area contributed by atoms with E-state index in [1.807, 2.05) is 30.3 Å². The van der Waals surface area contributed by atoms with Gasteiger partial charge in [-0.15, -0.1) is 0 Å². The van der Waals surface area contributed by atoms with E-state index in [2.05, 4.69) is 5.32 Å². The summed E-state index contributed by atoms with van der Waals surface area (Å²) in [5.74, 6) is 2.87. The van der Waals surface area contributed by atoms with E-state index in [9.17, 15) is 4.79 Å². The third-order valence-electron chi connectivity index (χ3n) is 6.75. The van der Waals surface area contributed by atoms with Crippen LogP contribution in [0.25, 0.3) is 11.1 Å². The van der Waals surface area contributed by atoms with E-state index < -0.39 is 0 Å². The highest BCUT2D eigenvalue weighted by molar-refractivity contribution is 6.35. The first kappa shape index (κ1) is 18.3. The summed E-state index contributed by atoms with van der Waals surface area (Å²) in [5, 5.41) is 4.17. The third kappa shape index (κ3) is 3.51. The summed E-state index contributed by atoms with van der Waals surface area (Å²) in [6, 6.07) is 13.0. The zero-order chi connectivity index (χ0) is 19.3. The number of amides is 1. The van der Waals surface area contributed by atoms with Gasteiger partial charge in [0.2, 0.25) is 0 Å². The maximum atomic E-state index is 12.5. The molecule has 1 N–H and O–H groups in total. The van der Waals surface area contributed by atoms with E-state index in [1.165, 1.54) is 32.1 Å². The Morgan fingerprint density at radius 3 is 2.18 bits per heavy atom. The highest BCUT2D eigenvalue weighted by Crippen LogP contribution is 2.54. The second-order valence-electron chi connectivity index (χ2n) is 8.63. The summed E-state index contributed by atoms with van der Waals surface area (Å²) in [5.41, 5.74) is 2.54. The zero-order valence-electron chi connectivity index (χ0n) is 15.5. The fourth-order valence-corrected chi connectivity index (χ4v) is 6.19. The second-order valence-corrected chi connectivity index (χ2v) is 9.47. The third-order valence-corrected chi connectivity index (χ3v) is 7.32. The SMILES string of the molecule is O=C(Nc1ccc(-c2cc(Cl)ccc2Cl)cc1)OC1C2CC3CC(C2)CC1C3. The van der Waals surface area contributed by atoms with Crippen LogP contribution in [0.15, 0.2) is 42.5 Å². The van der Waals surface area contributed by atoms with Crippen molar-refractivity contribution in [1.29, 1.82) is 0 Å². The van der Waals surface area contributed by atoms with E-state index in [0.29, 0.717) is 21.9 Å². The van der Waals surface area contributed by atoms with Gasteiger partial charge in [-0.25, -0.2) is 4.79 Å². The molecule has 1 amide bonds. The average molecular weight is 416 g/mol. The maximum Gasteiger partial charge on any atom is 0.411 e. The summed E-state index contributed by atoms with van der Waals surface area (Å²) in [6.45, 7) is 0. The topological polar surface area (TPSA) is 38.3 Å². The fraction of sp³-hybridized carbons (Fsp3) is 0.435. The van der Waals surface area contributed by atoms with Crippen molar-refractivity contribution in [2.45, 2.75) is 38.2 Å². The Bertz CT molecular complexity index is 868. The normalized spacial score (nSPS) is 30.3. The molecule has 4 aliphatic carbocycles. The summed E-state index contributed by atoms with van der Waals surface area (Å²) in [6.07, 6.45) is 6.10. The van der Waals surface area contributed by atoms with Gasteiger partial charge >= 0.3 is 6.09 Å². The molecule has 0 aromatic heterocycles. The van der Waals surface area contributed by atoms with Gasteiger partial charge in [-0.05, 0) is 91.7 Å². The smallest absolute Gasteiger partial charge is 0.411 e. The quantitative estimate of drug-likeness (QED) is 0.583. The molecule has 2 aromatic carbocycles. The molecule has 2 aromatic rings. The van der Waals surface area contributed by atoms with Crippen LogP contribution in [0.3, 0.4) is 0 Å². The summed E-state index contributed by atoms with van der Waals surface area (Å²) in [4.78, 5) is 12.5.